The van der Waals surface area contributed by atoms with Crippen LogP contribution in [0.3, 0.4) is 0 Å². The third-order valence-corrected chi connectivity index (χ3v) is 2.33. The molecule has 0 aliphatic heterocycles. The zero-order valence-electron chi connectivity index (χ0n) is 8.80. The van der Waals surface area contributed by atoms with Crippen molar-refractivity contribution in [2.45, 2.75) is 5.54 Å². The van der Waals surface area contributed by atoms with E-state index >= 15 is 0 Å². The Bertz CT molecular complexity index is 372. The normalized spacial score (nSPS) is 11.3. The summed E-state index contributed by atoms with van der Waals surface area (Å²) in [5, 5.41) is 29.5. The molecule has 0 fully saturated rings. The maximum absolute atomic E-state index is 11.7. The summed E-state index contributed by atoms with van der Waals surface area (Å²) in [6.07, 6.45) is 2.34. The summed E-state index contributed by atoms with van der Waals surface area (Å²) in [6, 6.07) is 0. The first-order valence-electron chi connectivity index (χ1n) is 4.69. The first-order valence-corrected chi connectivity index (χ1v) is 5.07. The Morgan fingerprint density at radius 3 is 2.24 bits per heavy atom. The van der Waals surface area contributed by atoms with Crippen molar-refractivity contribution in [3.8, 4) is 0 Å². The first-order chi connectivity index (χ1) is 8.06. The van der Waals surface area contributed by atoms with Crippen molar-refractivity contribution >= 4 is 17.5 Å². The van der Waals surface area contributed by atoms with E-state index in [9.17, 15) is 4.79 Å². The van der Waals surface area contributed by atoms with Crippen LogP contribution >= 0.6 is 11.6 Å². The number of rotatable bonds is 5. The van der Waals surface area contributed by atoms with Crippen molar-refractivity contribution in [2.75, 3.05) is 19.8 Å². The van der Waals surface area contributed by atoms with Gasteiger partial charge in [0, 0.05) is 0 Å². The van der Waals surface area contributed by atoms with Gasteiger partial charge in [0.2, 0.25) is 0 Å². The number of carbonyl (C=O) groups is 1. The summed E-state index contributed by atoms with van der Waals surface area (Å²) < 4.78 is 0. The monoisotopic (exact) mass is 261 g/mol. The zero-order chi connectivity index (χ0) is 12.9. The average Bonchev–Trinajstić information content (AvgIpc) is 2.37. The molecule has 0 aliphatic rings. The van der Waals surface area contributed by atoms with Crippen LogP contribution in [0.4, 0.5) is 0 Å². The molecule has 1 amide bonds. The number of aliphatic hydroxyl groups is 3. The number of nitrogens with one attached hydrogen (secondary N) is 1. The van der Waals surface area contributed by atoms with E-state index < -0.39 is 31.3 Å². The van der Waals surface area contributed by atoms with Crippen LogP contribution in [0, 0.1) is 0 Å². The van der Waals surface area contributed by atoms with Gasteiger partial charge in [0.05, 0.1) is 32.2 Å². The number of hydrogen-bond donors (Lipinski definition) is 4. The highest BCUT2D eigenvalue weighted by Crippen LogP contribution is 2.05. The van der Waals surface area contributed by atoms with Crippen LogP contribution in [0.5, 0.6) is 0 Å². The molecule has 94 valence electrons. The number of halogens is 1. The summed E-state index contributed by atoms with van der Waals surface area (Å²) in [5.41, 5.74) is -1.52. The van der Waals surface area contributed by atoms with Gasteiger partial charge in [0.15, 0.2) is 0 Å². The van der Waals surface area contributed by atoms with Gasteiger partial charge in [0.1, 0.15) is 16.4 Å². The Morgan fingerprint density at radius 1 is 1.24 bits per heavy atom. The van der Waals surface area contributed by atoms with Crippen LogP contribution in [0.2, 0.25) is 5.15 Å². The Labute approximate surface area is 102 Å². The van der Waals surface area contributed by atoms with Crippen molar-refractivity contribution in [3.63, 3.8) is 0 Å². The molecule has 0 saturated heterocycles. The predicted molar refractivity (Wildman–Crippen MR) is 58.5 cm³/mol. The van der Waals surface area contributed by atoms with Gasteiger partial charge in [-0.3, -0.25) is 4.79 Å². The summed E-state index contributed by atoms with van der Waals surface area (Å²) in [4.78, 5) is 19.0. The fraction of sp³-hybridized carbons (Fsp3) is 0.444. The predicted octanol–water partition coefficient (Wildman–Crippen LogP) is -1.42. The summed E-state index contributed by atoms with van der Waals surface area (Å²) in [6.45, 7) is -1.81. The van der Waals surface area contributed by atoms with Gasteiger partial charge in [-0.2, -0.15) is 0 Å². The molecule has 0 saturated carbocycles. The molecule has 0 unspecified atom stereocenters. The topological polar surface area (TPSA) is 116 Å². The third-order valence-electron chi connectivity index (χ3n) is 2.14. The van der Waals surface area contributed by atoms with Gasteiger partial charge >= 0.3 is 0 Å². The lowest BCUT2D eigenvalue weighted by Gasteiger charge is -2.28. The quantitative estimate of drug-likeness (QED) is 0.517. The number of amides is 1. The third kappa shape index (κ3) is 3.34. The van der Waals surface area contributed by atoms with E-state index in [1.165, 1.54) is 6.20 Å². The number of aliphatic hydroxyl groups excluding tert-OH is 3. The largest absolute Gasteiger partial charge is 0.394 e. The molecule has 1 aromatic heterocycles. The van der Waals surface area contributed by atoms with Crippen molar-refractivity contribution in [2.24, 2.45) is 0 Å². The van der Waals surface area contributed by atoms with E-state index in [1.54, 1.807) is 0 Å². The molecular weight excluding hydrogens is 250 g/mol. The van der Waals surface area contributed by atoms with Crippen molar-refractivity contribution in [1.29, 1.82) is 0 Å². The van der Waals surface area contributed by atoms with Gasteiger partial charge in [-0.05, 0) is 0 Å². The number of carbonyl (C=O) groups excluding carboxylic acids is 1. The van der Waals surface area contributed by atoms with E-state index in [4.69, 9.17) is 26.9 Å². The maximum atomic E-state index is 11.7. The van der Waals surface area contributed by atoms with Crippen LogP contribution in [-0.4, -0.2) is 56.6 Å². The minimum atomic E-state index is -1.49. The number of hydrogen-bond acceptors (Lipinski definition) is 6. The van der Waals surface area contributed by atoms with E-state index in [1.807, 2.05) is 0 Å². The van der Waals surface area contributed by atoms with Crippen molar-refractivity contribution < 1.29 is 20.1 Å². The van der Waals surface area contributed by atoms with Crippen LogP contribution in [-0.2, 0) is 0 Å². The minimum absolute atomic E-state index is 0.0332. The molecule has 1 heterocycles. The van der Waals surface area contributed by atoms with Gasteiger partial charge in [-0.1, -0.05) is 11.6 Å². The molecule has 1 rings (SSSR count). The van der Waals surface area contributed by atoms with Gasteiger partial charge in [-0.15, -0.1) is 0 Å². The summed E-state index contributed by atoms with van der Waals surface area (Å²) >= 11 is 5.51. The Hall–Kier alpha value is -1.28. The molecule has 0 aliphatic carbocycles. The van der Waals surface area contributed by atoms with E-state index in [0.717, 1.165) is 6.20 Å². The molecule has 4 N–H and O–H groups in total. The van der Waals surface area contributed by atoms with Crippen LogP contribution in [0.1, 0.15) is 10.5 Å². The van der Waals surface area contributed by atoms with Crippen LogP contribution in [0.15, 0.2) is 12.4 Å². The Balaban J connectivity index is 2.81. The highest BCUT2D eigenvalue weighted by atomic mass is 35.5. The maximum Gasteiger partial charge on any atom is 0.272 e. The van der Waals surface area contributed by atoms with Crippen LogP contribution < -0.4 is 5.32 Å². The second kappa shape index (κ2) is 5.87. The second-order valence-electron chi connectivity index (χ2n) is 3.43. The van der Waals surface area contributed by atoms with Gasteiger partial charge in [-0.25, -0.2) is 9.97 Å². The Kier molecular flexibility index (Phi) is 4.76. The molecular formula is C9H12ClN3O4. The molecule has 0 aromatic carbocycles. The SMILES string of the molecule is O=C(NC(CO)(CO)CO)c1cnc(Cl)cn1. The highest BCUT2D eigenvalue weighted by molar-refractivity contribution is 6.29. The standard InChI is InChI=1S/C9H12ClN3O4/c10-7-2-11-6(1-12-7)8(17)13-9(3-14,4-15)5-16/h1-2,14-16H,3-5H2,(H,13,17). The Morgan fingerprint density at radius 2 is 1.82 bits per heavy atom. The lowest BCUT2D eigenvalue weighted by atomic mass is 10.0. The van der Waals surface area contributed by atoms with Gasteiger partial charge in [0.25, 0.3) is 5.91 Å². The zero-order valence-corrected chi connectivity index (χ0v) is 9.55. The van der Waals surface area contributed by atoms with Crippen molar-refractivity contribution in [3.05, 3.63) is 23.2 Å². The summed E-state index contributed by atoms with van der Waals surface area (Å²) in [5.74, 6) is -0.675. The van der Waals surface area contributed by atoms with Crippen molar-refractivity contribution in [1.82, 2.24) is 15.3 Å². The molecule has 0 radical (unpaired) electrons. The van der Waals surface area contributed by atoms with E-state index in [-0.39, 0.29) is 10.8 Å². The number of nitrogens with zero attached hydrogens (tertiary/aromatic N) is 2. The smallest absolute Gasteiger partial charge is 0.272 e. The van der Waals surface area contributed by atoms with Crippen LogP contribution in [0.25, 0.3) is 0 Å². The molecule has 7 nitrogen and oxygen atoms in total. The highest BCUT2D eigenvalue weighted by Gasteiger charge is 2.30. The van der Waals surface area contributed by atoms with E-state index in [2.05, 4.69) is 15.3 Å². The fourth-order valence-electron chi connectivity index (χ4n) is 1.00. The molecule has 0 bridgehead atoms. The molecule has 0 spiro atoms. The van der Waals surface area contributed by atoms with E-state index in [0.29, 0.717) is 0 Å². The molecule has 1 aromatic rings. The number of aromatic nitrogens is 2. The first kappa shape index (κ1) is 13.8. The lowest BCUT2D eigenvalue weighted by molar-refractivity contribution is 0.0373. The molecule has 8 heteroatoms. The molecule has 17 heavy (non-hydrogen) atoms. The minimum Gasteiger partial charge on any atom is -0.394 e. The molecule has 0 atom stereocenters. The lowest BCUT2D eigenvalue weighted by Crippen LogP contribution is -2.57. The second-order valence-corrected chi connectivity index (χ2v) is 3.82. The fourth-order valence-corrected chi connectivity index (χ4v) is 1.10. The van der Waals surface area contributed by atoms with Gasteiger partial charge < -0.3 is 20.6 Å². The average molecular weight is 262 g/mol. The summed E-state index contributed by atoms with van der Waals surface area (Å²) in [7, 11) is 0.